The third kappa shape index (κ3) is 5.60. The maximum atomic E-state index is 13.3. The average molecular weight is 459 g/mol. The van der Waals surface area contributed by atoms with Crippen molar-refractivity contribution in [2.24, 2.45) is 0 Å². The van der Waals surface area contributed by atoms with E-state index in [2.05, 4.69) is 11.9 Å². The van der Waals surface area contributed by atoms with Crippen molar-refractivity contribution >= 4 is 23.7 Å². The number of carbonyl (C=O) groups excluding carboxylic acids is 1. The molecule has 0 saturated carbocycles. The van der Waals surface area contributed by atoms with Crippen LogP contribution in [-0.4, -0.2) is 44.7 Å². The van der Waals surface area contributed by atoms with Gasteiger partial charge in [0, 0.05) is 24.2 Å². The number of aromatic carboxylic acids is 1. The number of likely N-dealkylation sites (tertiary alicyclic amines) is 1. The van der Waals surface area contributed by atoms with Crippen LogP contribution in [0, 0.1) is 6.92 Å². The summed E-state index contributed by atoms with van der Waals surface area (Å²) in [7, 11) is 0. The standard InChI is InChI=1S/C25H31ClN2O4/c1-15-12-19(14-27-22(15)26)16(2)21-11-10-20(28(21)24(31)32-25(3,4)5)13-17-6-8-18(9-7-17)23(29)30/h6-9,12,14,16,20-21H,10-11,13H2,1-5H3,(H,29,30)/t16-,20+,21-/m1/s1. The molecule has 7 heteroatoms. The molecule has 1 aromatic heterocycles. The summed E-state index contributed by atoms with van der Waals surface area (Å²) in [5, 5.41) is 9.63. The summed E-state index contributed by atoms with van der Waals surface area (Å²) in [6, 6.07) is 8.81. The van der Waals surface area contributed by atoms with Crippen LogP contribution in [-0.2, 0) is 11.2 Å². The molecule has 1 saturated heterocycles. The molecular formula is C25H31ClN2O4. The maximum absolute atomic E-state index is 13.3. The second-order valence-corrected chi connectivity index (χ2v) is 9.92. The molecule has 32 heavy (non-hydrogen) atoms. The van der Waals surface area contributed by atoms with E-state index in [1.807, 2.05) is 50.8 Å². The van der Waals surface area contributed by atoms with E-state index in [9.17, 15) is 9.59 Å². The Morgan fingerprint density at radius 2 is 1.91 bits per heavy atom. The molecule has 3 rings (SSSR count). The Morgan fingerprint density at radius 3 is 2.47 bits per heavy atom. The number of amides is 1. The lowest BCUT2D eigenvalue weighted by Gasteiger charge is -2.35. The Bertz CT molecular complexity index is 984. The first-order valence-corrected chi connectivity index (χ1v) is 11.3. The van der Waals surface area contributed by atoms with Crippen LogP contribution < -0.4 is 0 Å². The minimum absolute atomic E-state index is 0.0319. The van der Waals surface area contributed by atoms with Gasteiger partial charge in [0.25, 0.3) is 0 Å². The lowest BCUT2D eigenvalue weighted by molar-refractivity contribution is 0.0126. The molecule has 0 aliphatic carbocycles. The fourth-order valence-corrected chi connectivity index (χ4v) is 4.41. The van der Waals surface area contributed by atoms with Crippen LogP contribution in [0.2, 0.25) is 5.15 Å². The Kier molecular flexibility index (Phi) is 7.13. The van der Waals surface area contributed by atoms with Gasteiger partial charge in [-0.25, -0.2) is 14.6 Å². The Hall–Kier alpha value is -2.60. The number of pyridine rings is 1. The van der Waals surface area contributed by atoms with Crippen LogP contribution in [0.25, 0.3) is 0 Å². The van der Waals surface area contributed by atoms with Crippen LogP contribution in [0.15, 0.2) is 36.5 Å². The van der Waals surface area contributed by atoms with Crippen molar-refractivity contribution in [2.75, 3.05) is 0 Å². The monoisotopic (exact) mass is 458 g/mol. The fraction of sp³-hybridized carbons (Fsp3) is 0.480. The summed E-state index contributed by atoms with van der Waals surface area (Å²) < 4.78 is 5.77. The van der Waals surface area contributed by atoms with E-state index in [0.29, 0.717) is 11.6 Å². The summed E-state index contributed by atoms with van der Waals surface area (Å²) in [4.78, 5) is 30.6. The fourth-order valence-electron chi connectivity index (χ4n) is 4.31. The number of aryl methyl sites for hydroxylation is 1. The number of nitrogens with zero attached hydrogens (tertiary/aromatic N) is 2. The van der Waals surface area contributed by atoms with Gasteiger partial charge in [-0.15, -0.1) is 0 Å². The lowest BCUT2D eigenvalue weighted by Crippen LogP contribution is -2.46. The molecule has 2 heterocycles. The van der Waals surface area contributed by atoms with Gasteiger partial charge in [-0.05, 0) is 75.8 Å². The number of carboxylic acids is 1. The van der Waals surface area contributed by atoms with Crippen LogP contribution in [0.3, 0.4) is 0 Å². The van der Waals surface area contributed by atoms with Crippen LogP contribution in [0.4, 0.5) is 4.79 Å². The summed E-state index contributed by atoms with van der Waals surface area (Å²) in [6.07, 6.45) is 3.79. The second-order valence-electron chi connectivity index (χ2n) is 9.56. The molecular weight excluding hydrogens is 428 g/mol. The smallest absolute Gasteiger partial charge is 0.410 e. The topological polar surface area (TPSA) is 79.7 Å². The molecule has 1 aliphatic heterocycles. The van der Waals surface area contributed by atoms with Crippen molar-refractivity contribution < 1.29 is 19.4 Å². The van der Waals surface area contributed by atoms with E-state index in [1.165, 1.54) is 0 Å². The van der Waals surface area contributed by atoms with E-state index < -0.39 is 11.6 Å². The first-order valence-electron chi connectivity index (χ1n) is 10.9. The van der Waals surface area contributed by atoms with Gasteiger partial charge < -0.3 is 14.7 Å². The number of halogens is 1. The van der Waals surface area contributed by atoms with Gasteiger partial charge >= 0.3 is 12.1 Å². The highest BCUT2D eigenvalue weighted by atomic mass is 35.5. The van der Waals surface area contributed by atoms with Crippen molar-refractivity contribution in [3.05, 3.63) is 63.9 Å². The number of benzene rings is 1. The van der Waals surface area contributed by atoms with Crippen molar-refractivity contribution in [1.82, 2.24) is 9.88 Å². The van der Waals surface area contributed by atoms with Gasteiger partial charge in [0.1, 0.15) is 10.8 Å². The van der Waals surface area contributed by atoms with Crippen LogP contribution in [0.1, 0.15) is 73.5 Å². The minimum Gasteiger partial charge on any atom is -0.478 e. The Balaban J connectivity index is 1.87. The largest absolute Gasteiger partial charge is 0.478 e. The van der Waals surface area contributed by atoms with Crippen molar-refractivity contribution in [3.63, 3.8) is 0 Å². The number of carboxylic acid groups (broad SMARTS) is 1. The third-order valence-electron chi connectivity index (χ3n) is 5.96. The lowest BCUT2D eigenvalue weighted by atomic mass is 9.92. The molecule has 0 radical (unpaired) electrons. The normalized spacial score (nSPS) is 19.6. The summed E-state index contributed by atoms with van der Waals surface area (Å²) >= 11 is 6.11. The summed E-state index contributed by atoms with van der Waals surface area (Å²) in [5.74, 6) is -0.890. The number of ether oxygens (including phenoxy) is 1. The molecule has 1 N–H and O–H groups in total. The number of rotatable bonds is 5. The number of hydrogen-bond acceptors (Lipinski definition) is 4. The van der Waals surface area contributed by atoms with E-state index in [4.69, 9.17) is 21.4 Å². The summed E-state index contributed by atoms with van der Waals surface area (Å²) in [5.41, 5.74) is 2.59. The highest BCUT2D eigenvalue weighted by molar-refractivity contribution is 6.30. The maximum Gasteiger partial charge on any atom is 0.410 e. The predicted molar refractivity (Wildman–Crippen MR) is 124 cm³/mol. The molecule has 1 fully saturated rings. The predicted octanol–water partition coefficient (Wildman–Crippen LogP) is 5.86. The van der Waals surface area contributed by atoms with Crippen LogP contribution in [0.5, 0.6) is 0 Å². The molecule has 1 amide bonds. The number of carbonyl (C=O) groups is 2. The molecule has 3 atom stereocenters. The van der Waals surface area contributed by atoms with Crippen molar-refractivity contribution in [2.45, 2.75) is 77.5 Å². The molecule has 1 aliphatic rings. The first kappa shape index (κ1) is 24.1. The molecule has 0 bridgehead atoms. The number of hydrogen-bond donors (Lipinski definition) is 1. The molecule has 0 unspecified atom stereocenters. The highest BCUT2D eigenvalue weighted by Gasteiger charge is 2.42. The molecule has 2 aromatic rings. The molecule has 1 aromatic carbocycles. The van der Waals surface area contributed by atoms with E-state index in [0.717, 1.165) is 29.5 Å². The van der Waals surface area contributed by atoms with E-state index >= 15 is 0 Å². The van der Waals surface area contributed by atoms with Gasteiger partial charge in [-0.1, -0.05) is 36.7 Å². The Morgan fingerprint density at radius 1 is 1.25 bits per heavy atom. The summed E-state index contributed by atoms with van der Waals surface area (Å²) in [6.45, 7) is 9.63. The average Bonchev–Trinajstić information content (AvgIpc) is 3.12. The van der Waals surface area contributed by atoms with Gasteiger partial charge in [0.15, 0.2) is 0 Å². The zero-order valence-electron chi connectivity index (χ0n) is 19.3. The van der Waals surface area contributed by atoms with Gasteiger partial charge in [-0.2, -0.15) is 0 Å². The SMILES string of the molecule is Cc1cc([C@@H](C)[C@H]2CC[C@@H](Cc3ccc(C(=O)O)cc3)N2C(=O)OC(C)(C)C)cnc1Cl. The number of aromatic nitrogens is 1. The van der Waals surface area contributed by atoms with Gasteiger partial charge in [0.05, 0.1) is 5.56 Å². The van der Waals surface area contributed by atoms with E-state index in [-0.39, 0.29) is 29.7 Å². The van der Waals surface area contributed by atoms with Gasteiger partial charge in [-0.3, -0.25) is 0 Å². The second kappa shape index (κ2) is 9.49. The van der Waals surface area contributed by atoms with E-state index in [1.54, 1.807) is 18.3 Å². The molecule has 172 valence electrons. The van der Waals surface area contributed by atoms with Crippen molar-refractivity contribution in [3.8, 4) is 0 Å². The Labute approximate surface area is 194 Å². The first-order chi connectivity index (χ1) is 15.0. The van der Waals surface area contributed by atoms with Crippen LogP contribution >= 0.6 is 11.6 Å². The third-order valence-corrected chi connectivity index (χ3v) is 6.36. The van der Waals surface area contributed by atoms with Gasteiger partial charge in [0.2, 0.25) is 0 Å². The highest BCUT2D eigenvalue weighted by Crippen LogP contribution is 2.37. The zero-order valence-corrected chi connectivity index (χ0v) is 20.0. The molecule has 0 spiro atoms. The molecule has 6 nitrogen and oxygen atoms in total. The minimum atomic E-state index is -0.950. The zero-order chi connectivity index (χ0) is 23.6. The quantitative estimate of drug-likeness (QED) is 0.568. The van der Waals surface area contributed by atoms with Crippen molar-refractivity contribution in [1.29, 1.82) is 0 Å².